The number of carboxylic acid groups (broad SMARTS) is 1. The van der Waals surface area contributed by atoms with Crippen molar-refractivity contribution in [2.75, 3.05) is 6.54 Å². The molecule has 0 fully saturated rings. The maximum absolute atomic E-state index is 11.7. The smallest absolute Gasteiger partial charge is 0.353 e. The summed E-state index contributed by atoms with van der Waals surface area (Å²) < 4.78 is 0. The van der Waals surface area contributed by atoms with Gasteiger partial charge in [0.1, 0.15) is 0 Å². The molecule has 21 heavy (non-hydrogen) atoms. The molecule has 1 rings (SSSR count). The van der Waals surface area contributed by atoms with Crippen LogP contribution in [0.5, 0.6) is 0 Å². The van der Waals surface area contributed by atoms with Crippen LogP contribution in [0, 0.1) is 0 Å². The summed E-state index contributed by atoms with van der Waals surface area (Å²) in [6.45, 7) is 2.82. The molecule has 6 nitrogen and oxygen atoms in total. The third-order valence-corrected chi connectivity index (χ3v) is 3.54. The summed E-state index contributed by atoms with van der Waals surface area (Å²) in [5.74, 6) is -1.41. The fourth-order valence-corrected chi connectivity index (χ4v) is 2.23. The number of nitrogens with zero attached hydrogens (tertiary/aromatic N) is 1. The quantitative estimate of drug-likeness (QED) is 0.574. The summed E-state index contributed by atoms with van der Waals surface area (Å²) in [5, 5.41) is 14.9. The number of aliphatic carboxylic acids is 1. The number of rotatable bonds is 11. The van der Waals surface area contributed by atoms with Gasteiger partial charge in [0.25, 0.3) is 5.91 Å². The van der Waals surface area contributed by atoms with E-state index < -0.39 is 12.1 Å². The van der Waals surface area contributed by atoms with Crippen LogP contribution in [0.3, 0.4) is 0 Å². The Morgan fingerprint density at radius 2 is 1.81 bits per heavy atom. The summed E-state index contributed by atoms with van der Waals surface area (Å²) in [7, 11) is 0. The van der Waals surface area contributed by atoms with Crippen molar-refractivity contribution in [1.82, 2.24) is 5.32 Å². The molecule has 0 radical (unpaired) electrons. The van der Waals surface area contributed by atoms with Crippen LogP contribution in [0.15, 0.2) is 5.16 Å². The molecule has 1 aliphatic rings. The molecule has 1 atom stereocenters. The lowest BCUT2D eigenvalue weighted by molar-refractivity contribution is -0.131. The highest BCUT2D eigenvalue weighted by Gasteiger charge is 2.31. The molecule has 0 saturated heterocycles. The van der Waals surface area contributed by atoms with Crippen LogP contribution < -0.4 is 5.32 Å². The number of unbranched alkanes of at least 4 members (excludes halogenated alkanes) is 7. The fraction of sp³-hybridized carbons (Fsp3) is 0.800. The first-order valence-electron chi connectivity index (χ1n) is 7.88. The van der Waals surface area contributed by atoms with Crippen molar-refractivity contribution in [3.05, 3.63) is 0 Å². The van der Waals surface area contributed by atoms with Crippen molar-refractivity contribution >= 4 is 17.6 Å². The number of amides is 1. The Kier molecular flexibility index (Phi) is 8.47. The van der Waals surface area contributed by atoms with Gasteiger partial charge in [-0.2, -0.15) is 0 Å². The lowest BCUT2D eigenvalue weighted by Crippen LogP contribution is -2.35. The first-order chi connectivity index (χ1) is 10.1. The van der Waals surface area contributed by atoms with Crippen molar-refractivity contribution in [2.45, 2.75) is 70.8 Å². The molecule has 1 heterocycles. The molecule has 0 spiro atoms. The standard InChI is InChI=1S/C15H26N2O4/c1-2-3-4-5-6-7-8-9-10-16-14(18)13-11-12(15(19)20)17-21-13/h13H,2-11H2,1H3,(H,16,18)(H,19,20). The third kappa shape index (κ3) is 7.11. The second-order valence-electron chi connectivity index (χ2n) is 5.41. The Hall–Kier alpha value is -1.59. The van der Waals surface area contributed by atoms with Gasteiger partial charge in [-0.15, -0.1) is 0 Å². The van der Waals surface area contributed by atoms with Gasteiger partial charge in [-0.25, -0.2) is 4.79 Å². The van der Waals surface area contributed by atoms with E-state index in [0.717, 1.165) is 12.8 Å². The van der Waals surface area contributed by atoms with E-state index in [0.29, 0.717) is 6.54 Å². The first-order valence-corrected chi connectivity index (χ1v) is 7.88. The highest BCUT2D eigenvalue weighted by Crippen LogP contribution is 2.11. The molecule has 0 aliphatic carbocycles. The van der Waals surface area contributed by atoms with Crippen molar-refractivity contribution < 1.29 is 19.5 Å². The molecule has 1 aliphatic heterocycles. The van der Waals surface area contributed by atoms with Crippen LogP contribution >= 0.6 is 0 Å². The van der Waals surface area contributed by atoms with Crippen molar-refractivity contribution in [3.63, 3.8) is 0 Å². The Morgan fingerprint density at radius 3 is 2.38 bits per heavy atom. The fourth-order valence-electron chi connectivity index (χ4n) is 2.23. The molecule has 1 unspecified atom stereocenters. The average Bonchev–Trinajstić information content (AvgIpc) is 2.95. The third-order valence-electron chi connectivity index (χ3n) is 3.54. The van der Waals surface area contributed by atoms with Crippen LogP contribution in [0.4, 0.5) is 0 Å². The monoisotopic (exact) mass is 298 g/mol. The number of carbonyl (C=O) groups excluding carboxylic acids is 1. The van der Waals surface area contributed by atoms with Crippen LogP contribution in [-0.2, 0) is 14.4 Å². The normalized spacial score (nSPS) is 17.2. The molecular formula is C15H26N2O4. The number of hydrogen-bond acceptors (Lipinski definition) is 4. The molecule has 0 bridgehead atoms. The maximum atomic E-state index is 11.7. The largest absolute Gasteiger partial charge is 0.477 e. The Balaban J connectivity index is 1.96. The van der Waals surface area contributed by atoms with Crippen molar-refractivity contribution in [2.24, 2.45) is 5.16 Å². The second-order valence-corrected chi connectivity index (χ2v) is 5.41. The van der Waals surface area contributed by atoms with Gasteiger partial charge in [0.15, 0.2) is 5.71 Å². The van der Waals surface area contributed by atoms with E-state index in [9.17, 15) is 9.59 Å². The van der Waals surface area contributed by atoms with Gasteiger partial charge < -0.3 is 15.3 Å². The molecule has 0 aromatic rings. The van der Waals surface area contributed by atoms with Gasteiger partial charge in [0.2, 0.25) is 6.10 Å². The molecule has 0 aromatic carbocycles. The first kappa shape index (κ1) is 17.5. The average molecular weight is 298 g/mol. The molecule has 6 heteroatoms. The SMILES string of the molecule is CCCCCCCCCCNC(=O)C1CC(C(=O)O)=NO1. The van der Waals surface area contributed by atoms with Crippen LogP contribution in [-0.4, -0.2) is 35.3 Å². The molecule has 1 amide bonds. The molecule has 120 valence electrons. The predicted octanol–water partition coefficient (Wildman–Crippen LogP) is 2.47. The Bertz CT molecular complexity index is 369. The highest BCUT2D eigenvalue weighted by atomic mass is 16.6. The van der Waals surface area contributed by atoms with E-state index in [-0.39, 0.29) is 18.0 Å². The van der Waals surface area contributed by atoms with Crippen LogP contribution in [0.25, 0.3) is 0 Å². The maximum Gasteiger partial charge on any atom is 0.353 e. The summed E-state index contributed by atoms with van der Waals surface area (Å²) in [6, 6.07) is 0. The Labute approximate surface area is 125 Å². The van der Waals surface area contributed by atoms with Gasteiger partial charge in [-0.05, 0) is 6.42 Å². The van der Waals surface area contributed by atoms with E-state index in [1.165, 1.54) is 38.5 Å². The minimum Gasteiger partial charge on any atom is -0.477 e. The number of hydrogen-bond donors (Lipinski definition) is 2. The van der Waals surface area contributed by atoms with E-state index >= 15 is 0 Å². The van der Waals surface area contributed by atoms with Crippen LogP contribution in [0.2, 0.25) is 0 Å². The highest BCUT2D eigenvalue weighted by molar-refractivity contribution is 6.36. The predicted molar refractivity (Wildman–Crippen MR) is 80.2 cm³/mol. The Morgan fingerprint density at radius 1 is 1.19 bits per heavy atom. The molecule has 2 N–H and O–H groups in total. The topological polar surface area (TPSA) is 88.0 Å². The summed E-state index contributed by atoms with van der Waals surface area (Å²) in [6.07, 6.45) is 8.96. The number of nitrogens with one attached hydrogen (secondary N) is 1. The van der Waals surface area contributed by atoms with Gasteiger partial charge in [-0.1, -0.05) is 57.0 Å². The lowest BCUT2D eigenvalue weighted by atomic mass is 10.1. The van der Waals surface area contributed by atoms with E-state index in [1.54, 1.807) is 0 Å². The number of carboxylic acids is 1. The number of carbonyl (C=O) groups is 2. The minimum absolute atomic E-state index is 0.0403. The van der Waals surface area contributed by atoms with E-state index in [4.69, 9.17) is 9.94 Å². The van der Waals surface area contributed by atoms with Gasteiger partial charge in [0.05, 0.1) is 0 Å². The zero-order valence-electron chi connectivity index (χ0n) is 12.8. The van der Waals surface area contributed by atoms with Gasteiger partial charge in [0, 0.05) is 13.0 Å². The summed E-state index contributed by atoms with van der Waals surface area (Å²) in [5.41, 5.74) is -0.0952. The summed E-state index contributed by atoms with van der Waals surface area (Å²) >= 11 is 0. The zero-order valence-corrected chi connectivity index (χ0v) is 12.8. The van der Waals surface area contributed by atoms with Gasteiger partial charge >= 0.3 is 5.97 Å². The van der Waals surface area contributed by atoms with E-state index in [1.807, 2.05) is 0 Å². The zero-order chi connectivity index (χ0) is 15.5. The molecular weight excluding hydrogens is 272 g/mol. The van der Waals surface area contributed by atoms with Crippen LogP contribution in [0.1, 0.15) is 64.7 Å². The number of oxime groups is 1. The summed E-state index contributed by atoms with van der Waals surface area (Å²) in [4.78, 5) is 27.2. The van der Waals surface area contributed by atoms with Crippen molar-refractivity contribution in [3.8, 4) is 0 Å². The van der Waals surface area contributed by atoms with E-state index in [2.05, 4.69) is 17.4 Å². The minimum atomic E-state index is -1.13. The van der Waals surface area contributed by atoms with Crippen molar-refractivity contribution in [1.29, 1.82) is 0 Å². The lowest BCUT2D eigenvalue weighted by Gasteiger charge is -2.09. The second kappa shape index (κ2) is 10.2. The molecule has 0 saturated carbocycles. The van der Waals surface area contributed by atoms with Gasteiger partial charge in [-0.3, -0.25) is 4.79 Å². The molecule has 0 aromatic heterocycles.